The Morgan fingerprint density at radius 3 is 2.26 bits per heavy atom. The molecule has 0 saturated carbocycles. The SMILES string of the molecule is COc1cccc(-c2c(C)nn(-c3ccc(CCN(C(=O)[O-])S(=O)(=O)c4ccc(C)cc4)cc3)c2C)c1.[NH4+]. The van der Waals surface area contributed by atoms with Gasteiger partial charge in [0, 0.05) is 17.8 Å². The topological polar surface area (TPSA) is 141 Å². The fourth-order valence-corrected chi connectivity index (χ4v) is 5.53. The third kappa shape index (κ3) is 5.71. The van der Waals surface area contributed by atoms with Gasteiger partial charge in [0.15, 0.2) is 6.09 Å². The molecule has 0 bridgehead atoms. The molecule has 1 heterocycles. The van der Waals surface area contributed by atoms with Crippen LogP contribution >= 0.6 is 0 Å². The second-order valence-corrected chi connectivity index (χ2v) is 10.6. The van der Waals surface area contributed by atoms with Crippen molar-refractivity contribution in [2.24, 2.45) is 0 Å². The number of ether oxygens (including phenoxy) is 1. The van der Waals surface area contributed by atoms with Crippen LogP contribution in [0.1, 0.15) is 22.5 Å². The van der Waals surface area contributed by atoms with Crippen LogP contribution in [0.2, 0.25) is 0 Å². The van der Waals surface area contributed by atoms with E-state index in [0.717, 1.165) is 45.1 Å². The molecular weight excluding hydrogens is 504 g/mol. The lowest BCUT2D eigenvalue weighted by atomic mass is 10.0. The molecule has 4 rings (SSSR count). The first-order valence-electron chi connectivity index (χ1n) is 11.7. The van der Waals surface area contributed by atoms with E-state index < -0.39 is 16.1 Å². The molecule has 9 nitrogen and oxygen atoms in total. The van der Waals surface area contributed by atoms with Gasteiger partial charge in [-0.3, -0.25) is 4.31 Å². The average Bonchev–Trinajstić information content (AvgIpc) is 3.18. The van der Waals surface area contributed by atoms with Crippen molar-refractivity contribution in [3.63, 3.8) is 0 Å². The molecule has 0 spiro atoms. The fraction of sp³-hybridized carbons (Fsp3) is 0.214. The Bertz CT molecular complexity index is 1530. The lowest BCUT2D eigenvalue weighted by Crippen LogP contribution is -2.45. The van der Waals surface area contributed by atoms with Crippen molar-refractivity contribution in [2.75, 3.05) is 13.7 Å². The molecule has 10 heteroatoms. The first kappa shape index (κ1) is 28.4. The van der Waals surface area contributed by atoms with Gasteiger partial charge in [-0.05, 0) is 74.7 Å². The van der Waals surface area contributed by atoms with E-state index in [1.54, 1.807) is 19.2 Å². The molecule has 0 aliphatic carbocycles. The molecule has 0 fully saturated rings. The van der Waals surface area contributed by atoms with E-state index in [2.05, 4.69) is 0 Å². The van der Waals surface area contributed by atoms with Gasteiger partial charge in [0.05, 0.1) is 23.4 Å². The molecule has 4 aromatic rings. The molecule has 200 valence electrons. The molecule has 38 heavy (non-hydrogen) atoms. The van der Waals surface area contributed by atoms with Crippen molar-refractivity contribution in [1.82, 2.24) is 20.2 Å². The van der Waals surface area contributed by atoms with E-state index in [4.69, 9.17) is 9.84 Å². The molecule has 0 unspecified atom stereocenters. The average molecular weight is 537 g/mol. The number of amides is 1. The second-order valence-electron chi connectivity index (χ2n) is 8.76. The summed E-state index contributed by atoms with van der Waals surface area (Å²) in [6.45, 7) is 5.52. The number of aryl methyl sites for hydroxylation is 2. The number of benzene rings is 3. The van der Waals surface area contributed by atoms with Crippen LogP contribution in [0.5, 0.6) is 5.75 Å². The Balaban J connectivity index is 0.00000400. The fourth-order valence-electron chi connectivity index (χ4n) is 4.27. The monoisotopic (exact) mass is 536 g/mol. The number of carbonyl (C=O) groups is 1. The molecule has 3 aromatic carbocycles. The molecule has 0 saturated heterocycles. The quantitative estimate of drug-likeness (QED) is 0.353. The molecule has 1 aromatic heterocycles. The van der Waals surface area contributed by atoms with Crippen molar-refractivity contribution < 1.29 is 23.1 Å². The number of rotatable bonds is 8. The van der Waals surface area contributed by atoms with E-state index in [-0.39, 0.29) is 24.0 Å². The molecule has 0 atom stereocenters. The molecule has 0 aliphatic rings. The number of nitrogens with zero attached hydrogens (tertiary/aromatic N) is 3. The van der Waals surface area contributed by atoms with Crippen molar-refractivity contribution in [3.05, 3.63) is 95.3 Å². The van der Waals surface area contributed by atoms with Gasteiger partial charge in [-0.25, -0.2) is 13.1 Å². The Labute approximate surface area is 222 Å². The lowest BCUT2D eigenvalue weighted by molar-refractivity contribution is -0.259. The first-order chi connectivity index (χ1) is 17.6. The van der Waals surface area contributed by atoms with Gasteiger partial charge in [-0.15, -0.1) is 0 Å². The number of methoxy groups -OCH3 is 1. The minimum atomic E-state index is -4.23. The first-order valence-corrected chi connectivity index (χ1v) is 13.2. The molecular formula is C28H32N4O5S. The van der Waals surface area contributed by atoms with Crippen LogP contribution in [0.15, 0.2) is 77.7 Å². The second kappa shape index (κ2) is 11.5. The van der Waals surface area contributed by atoms with Crippen molar-refractivity contribution >= 4 is 16.1 Å². The van der Waals surface area contributed by atoms with Gasteiger partial charge in [-0.1, -0.05) is 42.0 Å². The van der Waals surface area contributed by atoms with Crippen LogP contribution < -0.4 is 16.0 Å². The minimum absolute atomic E-state index is 0. The summed E-state index contributed by atoms with van der Waals surface area (Å²) in [6.07, 6.45) is -1.56. The summed E-state index contributed by atoms with van der Waals surface area (Å²) in [5, 5.41) is 16.4. The van der Waals surface area contributed by atoms with Crippen LogP contribution in [0, 0.1) is 20.8 Å². The standard InChI is InChI=1S/C28H29N3O5S.H3N/c1-19-8-14-26(15-9-19)37(34,35)30(28(32)33)17-16-22-10-12-24(13-11-22)31-21(3)27(20(2)29-31)23-6-5-7-25(18-23)36-4;/h5-15,18H,16-17H2,1-4H3,(H,32,33);1H3. The highest BCUT2D eigenvalue weighted by Crippen LogP contribution is 2.31. The van der Waals surface area contributed by atoms with Crippen LogP contribution in [-0.4, -0.2) is 42.3 Å². The number of carboxylic acid groups (broad SMARTS) is 1. The van der Waals surface area contributed by atoms with Crippen molar-refractivity contribution in [2.45, 2.75) is 32.1 Å². The highest BCUT2D eigenvalue weighted by atomic mass is 32.2. The van der Waals surface area contributed by atoms with Gasteiger partial charge in [0.2, 0.25) is 0 Å². The maximum Gasteiger partial charge on any atom is 0.265 e. The largest absolute Gasteiger partial charge is 0.529 e. The minimum Gasteiger partial charge on any atom is -0.529 e. The molecule has 1 amide bonds. The Hall–Kier alpha value is -4.15. The van der Waals surface area contributed by atoms with Crippen molar-refractivity contribution in [3.8, 4) is 22.6 Å². The van der Waals surface area contributed by atoms with E-state index in [1.807, 2.05) is 74.0 Å². The van der Waals surface area contributed by atoms with E-state index in [1.165, 1.54) is 12.1 Å². The number of quaternary nitrogens is 1. The van der Waals surface area contributed by atoms with Gasteiger partial charge in [-0.2, -0.15) is 5.10 Å². The smallest absolute Gasteiger partial charge is 0.265 e. The summed E-state index contributed by atoms with van der Waals surface area (Å²) in [4.78, 5) is 11.6. The zero-order valence-corrected chi connectivity index (χ0v) is 23.0. The maximum absolute atomic E-state index is 12.9. The number of aromatic nitrogens is 2. The zero-order valence-electron chi connectivity index (χ0n) is 22.1. The lowest BCUT2D eigenvalue weighted by Gasteiger charge is -2.24. The number of carbonyl (C=O) groups excluding carboxylic acids is 1. The van der Waals surface area contributed by atoms with E-state index >= 15 is 0 Å². The summed E-state index contributed by atoms with van der Waals surface area (Å²) in [5.41, 5.74) is 6.36. The maximum atomic E-state index is 12.9. The Morgan fingerprint density at radius 1 is 1.00 bits per heavy atom. The van der Waals surface area contributed by atoms with Crippen LogP contribution in [0.3, 0.4) is 0 Å². The van der Waals surface area contributed by atoms with Gasteiger partial charge in [0.25, 0.3) is 10.0 Å². The third-order valence-electron chi connectivity index (χ3n) is 6.25. The van der Waals surface area contributed by atoms with E-state index in [0.29, 0.717) is 4.31 Å². The summed E-state index contributed by atoms with van der Waals surface area (Å²) < 4.78 is 33.3. The summed E-state index contributed by atoms with van der Waals surface area (Å²) in [7, 11) is -2.60. The summed E-state index contributed by atoms with van der Waals surface area (Å²) >= 11 is 0. The predicted octanol–water partition coefficient (Wildman–Crippen LogP) is 4.43. The van der Waals surface area contributed by atoms with Gasteiger partial charge in [0.1, 0.15) is 5.75 Å². The van der Waals surface area contributed by atoms with Crippen LogP contribution in [-0.2, 0) is 16.4 Å². The Morgan fingerprint density at radius 2 is 1.66 bits per heavy atom. The number of hydrogen-bond donors (Lipinski definition) is 1. The summed E-state index contributed by atoms with van der Waals surface area (Å²) in [6, 6.07) is 21.3. The molecule has 4 N–H and O–H groups in total. The highest BCUT2D eigenvalue weighted by Gasteiger charge is 2.24. The molecule has 0 aliphatic heterocycles. The predicted molar refractivity (Wildman–Crippen MR) is 145 cm³/mol. The van der Waals surface area contributed by atoms with E-state index in [9.17, 15) is 18.3 Å². The third-order valence-corrected chi connectivity index (χ3v) is 8.03. The van der Waals surface area contributed by atoms with Crippen molar-refractivity contribution in [1.29, 1.82) is 0 Å². The van der Waals surface area contributed by atoms with Gasteiger partial charge < -0.3 is 20.8 Å². The molecule has 0 radical (unpaired) electrons. The number of hydrogen-bond acceptors (Lipinski definition) is 6. The number of sulfonamides is 1. The Kier molecular flexibility index (Phi) is 8.60. The zero-order chi connectivity index (χ0) is 26.7. The van der Waals surface area contributed by atoms with Crippen LogP contribution in [0.25, 0.3) is 16.8 Å². The summed E-state index contributed by atoms with van der Waals surface area (Å²) in [5.74, 6) is 0.767. The normalized spacial score (nSPS) is 11.1. The van der Waals surface area contributed by atoms with Crippen LogP contribution in [0.4, 0.5) is 4.79 Å². The highest BCUT2D eigenvalue weighted by molar-refractivity contribution is 7.89. The van der Waals surface area contributed by atoms with Gasteiger partial charge >= 0.3 is 0 Å².